The number of carbonyl (C=O) groups excluding carboxylic acids is 1. The second-order valence-electron chi connectivity index (χ2n) is 4.94. The Morgan fingerprint density at radius 2 is 1.73 bits per heavy atom. The molecule has 0 aliphatic rings. The minimum absolute atomic E-state index is 0.0741. The molecule has 0 spiro atoms. The second kappa shape index (κ2) is 7.06. The van der Waals surface area contributed by atoms with Crippen LogP contribution in [0.3, 0.4) is 0 Å². The van der Waals surface area contributed by atoms with Crippen molar-refractivity contribution >= 4 is 33.6 Å². The number of para-hydroxylation sites is 1. The first-order chi connectivity index (χ1) is 10.5. The Labute approximate surface area is 138 Å². The minimum Gasteiger partial charge on any atom is -0.321 e. The van der Waals surface area contributed by atoms with E-state index in [1.165, 1.54) is 0 Å². The molecule has 0 heterocycles. The van der Waals surface area contributed by atoms with Crippen LogP contribution in [-0.2, 0) is 4.79 Å². The Morgan fingerprint density at radius 3 is 2.27 bits per heavy atom. The molecule has 0 radical (unpaired) electrons. The zero-order valence-electron chi connectivity index (χ0n) is 12.4. The number of anilines is 1. The van der Waals surface area contributed by atoms with Gasteiger partial charge in [0.2, 0.25) is 0 Å². The molecule has 0 bridgehead atoms. The molecule has 0 saturated carbocycles. The van der Waals surface area contributed by atoms with Gasteiger partial charge in [0.15, 0.2) is 0 Å². The molecule has 110 valence electrons. The zero-order chi connectivity index (χ0) is 16.1. The van der Waals surface area contributed by atoms with Crippen LogP contribution in [0.25, 0.3) is 6.08 Å². The number of aryl methyl sites for hydroxylation is 2. The van der Waals surface area contributed by atoms with E-state index in [0.29, 0.717) is 0 Å². The molecule has 1 N–H and O–H groups in total. The second-order valence-corrected chi connectivity index (χ2v) is 5.86. The summed E-state index contributed by atoms with van der Waals surface area (Å²) in [6.45, 7) is 3.85. The van der Waals surface area contributed by atoms with Crippen LogP contribution in [0.4, 0.5) is 5.69 Å². The first-order valence-corrected chi connectivity index (χ1v) is 7.55. The highest BCUT2D eigenvalue weighted by molar-refractivity contribution is 9.10. The highest BCUT2D eigenvalue weighted by Gasteiger charge is 2.12. The van der Waals surface area contributed by atoms with Crippen molar-refractivity contribution < 1.29 is 4.79 Å². The van der Waals surface area contributed by atoms with Gasteiger partial charge in [-0.25, -0.2) is 0 Å². The van der Waals surface area contributed by atoms with Crippen molar-refractivity contribution in [3.8, 4) is 6.07 Å². The number of nitriles is 1. The van der Waals surface area contributed by atoms with E-state index in [1.807, 2.05) is 62.4 Å². The van der Waals surface area contributed by atoms with Gasteiger partial charge in [-0.3, -0.25) is 4.79 Å². The average Bonchev–Trinajstić information content (AvgIpc) is 2.50. The van der Waals surface area contributed by atoms with Crippen LogP contribution in [-0.4, -0.2) is 5.91 Å². The molecular weight excluding hydrogens is 340 g/mol. The lowest BCUT2D eigenvalue weighted by atomic mass is 10.1. The molecule has 1 amide bonds. The van der Waals surface area contributed by atoms with E-state index in [1.54, 1.807) is 6.08 Å². The van der Waals surface area contributed by atoms with Crippen LogP contribution in [0.1, 0.15) is 16.7 Å². The average molecular weight is 355 g/mol. The van der Waals surface area contributed by atoms with Gasteiger partial charge in [-0.05, 0) is 48.7 Å². The summed E-state index contributed by atoms with van der Waals surface area (Å²) in [6, 6.07) is 15.2. The van der Waals surface area contributed by atoms with Gasteiger partial charge >= 0.3 is 0 Å². The van der Waals surface area contributed by atoms with Gasteiger partial charge in [0.05, 0.1) is 0 Å². The van der Waals surface area contributed by atoms with Gasteiger partial charge in [-0.2, -0.15) is 5.26 Å². The van der Waals surface area contributed by atoms with Gasteiger partial charge in [0, 0.05) is 10.2 Å². The summed E-state index contributed by atoms with van der Waals surface area (Å²) in [5, 5.41) is 12.1. The first kappa shape index (κ1) is 16.0. The fraction of sp³-hybridized carbons (Fsp3) is 0.111. The van der Waals surface area contributed by atoms with Crippen molar-refractivity contribution in [1.29, 1.82) is 5.26 Å². The van der Waals surface area contributed by atoms with E-state index in [-0.39, 0.29) is 5.57 Å². The summed E-state index contributed by atoms with van der Waals surface area (Å²) in [7, 11) is 0. The molecular formula is C18H15BrN2O. The Morgan fingerprint density at radius 1 is 1.14 bits per heavy atom. The largest absolute Gasteiger partial charge is 0.321 e. The van der Waals surface area contributed by atoms with E-state index >= 15 is 0 Å². The molecule has 2 aromatic carbocycles. The lowest BCUT2D eigenvalue weighted by molar-refractivity contribution is -0.112. The van der Waals surface area contributed by atoms with Crippen molar-refractivity contribution in [2.24, 2.45) is 0 Å². The first-order valence-electron chi connectivity index (χ1n) is 6.76. The Balaban J connectivity index is 2.26. The molecule has 0 saturated heterocycles. The van der Waals surface area contributed by atoms with Crippen molar-refractivity contribution in [2.75, 3.05) is 5.32 Å². The third-order valence-corrected chi connectivity index (χ3v) is 3.79. The van der Waals surface area contributed by atoms with Crippen LogP contribution in [0.5, 0.6) is 0 Å². The van der Waals surface area contributed by atoms with E-state index in [0.717, 1.165) is 26.9 Å². The molecule has 0 aromatic heterocycles. The van der Waals surface area contributed by atoms with Gasteiger partial charge in [0.1, 0.15) is 11.6 Å². The number of amides is 1. The minimum atomic E-state index is -0.400. The lowest BCUT2D eigenvalue weighted by Gasteiger charge is -2.10. The number of nitrogens with zero attached hydrogens (tertiary/aromatic N) is 1. The van der Waals surface area contributed by atoms with Crippen molar-refractivity contribution in [3.63, 3.8) is 0 Å². The molecule has 0 unspecified atom stereocenters. The van der Waals surface area contributed by atoms with Gasteiger partial charge in [-0.15, -0.1) is 0 Å². The quantitative estimate of drug-likeness (QED) is 0.646. The summed E-state index contributed by atoms with van der Waals surface area (Å²) in [6.07, 6.45) is 1.58. The fourth-order valence-electron chi connectivity index (χ4n) is 2.07. The molecule has 0 atom stereocenters. The van der Waals surface area contributed by atoms with Crippen LogP contribution in [0, 0.1) is 25.2 Å². The molecule has 2 rings (SSSR count). The summed E-state index contributed by atoms with van der Waals surface area (Å²) in [5.41, 5.74) is 3.56. The fourth-order valence-corrected chi connectivity index (χ4v) is 2.33. The summed E-state index contributed by atoms with van der Waals surface area (Å²) >= 11 is 3.35. The highest BCUT2D eigenvalue weighted by atomic mass is 79.9. The number of nitrogens with one attached hydrogen (secondary N) is 1. The number of hydrogen-bond donors (Lipinski definition) is 1. The van der Waals surface area contributed by atoms with E-state index < -0.39 is 5.91 Å². The van der Waals surface area contributed by atoms with Crippen molar-refractivity contribution in [1.82, 2.24) is 0 Å². The van der Waals surface area contributed by atoms with E-state index in [9.17, 15) is 10.1 Å². The highest BCUT2D eigenvalue weighted by Crippen LogP contribution is 2.20. The van der Waals surface area contributed by atoms with Gasteiger partial charge < -0.3 is 5.32 Å². The monoisotopic (exact) mass is 354 g/mol. The third kappa shape index (κ3) is 3.84. The van der Waals surface area contributed by atoms with Crippen LogP contribution in [0.15, 0.2) is 52.5 Å². The SMILES string of the molecule is Cc1cccc(C)c1NC(=O)/C(C#N)=C\c1ccc(Br)cc1. The Hall–Kier alpha value is -2.38. The lowest BCUT2D eigenvalue weighted by Crippen LogP contribution is -2.15. The predicted molar refractivity (Wildman–Crippen MR) is 92.3 cm³/mol. The molecule has 0 aliphatic carbocycles. The van der Waals surface area contributed by atoms with Gasteiger partial charge in [-0.1, -0.05) is 46.3 Å². The topological polar surface area (TPSA) is 52.9 Å². The van der Waals surface area contributed by atoms with Gasteiger partial charge in [0.25, 0.3) is 5.91 Å². The molecule has 4 heteroatoms. The molecule has 0 fully saturated rings. The third-order valence-electron chi connectivity index (χ3n) is 3.27. The zero-order valence-corrected chi connectivity index (χ0v) is 13.9. The van der Waals surface area contributed by atoms with Crippen molar-refractivity contribution in [2.45, 2.75) is 13.8 Å². The van der Waals surface area contributed by atoms with E-state index in [4.69, 9.17) is 0 Å². The summed E-state index contributed by atoms with van der Waals surface area (Å²) in [5.74, 6) is -0.400. The number of carbonyl (C=O) groups is 1. The molecule has 3 nitrogen and oxygen atoms in total. The standard InChI is InChI=1S/C18H15BrN2O/c1-12-4-3-5-13(2)17(12)21-18(22)15(11-20)10-14-6-8-16(19)9-7-14/h3-10H,1-2H3,(H,21,22)/b15-10-. The smallest absolute Gasteiger partial charge is 0.266 e. The van der Waals surface area contributed by atoms with Crippen LogP contribution in [0.2, 0.25) is 0 Å². The number of rotatable bonds is 3. The molecule has 22 heavy (non-hydrogen) atoms. The maximum Gasteiger partial charge on any atom is 0.266 e. The number of benzene rings is 2. The Bertz CT molecular complexity index is 750. The van der Waals surface area contributed by atoms with Crippen molar-refractivity contribution in [3.05, 3.63) is 69.2 Å². The van der Waals surface area contributed by atoms with Crippen LogP contribution < -0.4 is 5.32 Å². The normalized spacial score (nSPS) is 10.9. The van der Waals surface area contributed by atoms with E-state index in [2.05, 4.69) is 21.2 Å². The number of halogens is 1. The predicted octanol–water partition coefficient (Wildman–Crippen LogP) is 4.61. The number of hydrogen-bond acceptors (Lipinski definition) is 2. The Kier molecular flexibility index (Phi) is 5.13. The molecule has 0 aliphatic heterocycles. The molecule has 2 aromatic rings. The van der Waals surface area contributed by atoms with Crippen LogP contribution >= 0.6 is 15.9 Å². The summed E-state index contributed by atoms with van der Waals surface area (Å²) < 4.78 is 0.947. The maximum atomic E-state index is 12.3. The summed E-state index contributed by atoms with van der Waals surface area (Å²) in [4.78, 5) is 12.3. The maximum absolute atomic E-state index is 12.3.